The third-order valence-corrected chi connectivity index (χ3v) is 5.45. The quantitative estimate of drug-likeness (QED) is 0.932. The Hall–Kier alpha value is -1.13. The van der Waals surface area contributed by atoms with Gasteiger partial charge in [0, 0.05) is 18.0 Å². The zero-order valence-corrected chi connectivity index (χ0v) is 11.9. The predicted molar refractivity (Wildman–Crippen MR) is 78.1 cm³/mol. The lowest BCUT2D eigenvalue weighted by Gasteiger charge is -2.16. The Morgan fingerprint density at radius 2 is 2.37 bits per heavy atom. The van der Waals surface area contributed by atoms with Gasteiger partial charge < -0.3 is 10.1 Å². The number of rotatable bonds is 3. The Labute approximate surface area is 117 Å². The van der Waals surface area contributed by atoms with Crippen molar-refractivity contribution in [3.05, 3.63) is 23.2 Å². The van der Waals surface area contributed by atoms with Crippen LogP contribution in [0, 0.1) is 0 Å². The van der Waals surface area contributed by atoms with Crippen LogP contribution in [0.25, 0.3) is 10.2 Å². The van der Waals surface area contributed by atoms with E-state index in [1.807, 2.05) is 24.3 Å². The lowest BCUT2D eigenvalue weighted by atomic mass is 9.90. The highest BCUT2D eigenvalue weighted by Crippen LogP contribution is 2.42. The summed E-state index contributed by atoms with van der Waals surface area (Å²) in [5.74, 6) is 1.59. The topological polar surface area (TPSA) is 34.1 Å². The summed E-state index contributed by atoms with van der Waals surface area (Å²) in [6, 6.07) is 7.63. The van der Waals surface area contributed by atoms with Gasteiger partial charge in [0.1, 0.15) is 5.75 Å². The Balaban J connectivity index is 1.68. The molecule has 3 atom stereocenters. The van der Waals surface area contributed by atoms with Crippen molar-refractivity contribution in [1.82, 2.24) is 10.3 Å². The first-order chi connectivity index (χ1) is 9.33. The molecule has 0 amide bonds. The molecule has 4 rings (SSSR count). The molecule has 100 valence electrons. The maximum atomic E-state index is 5.56. The minimum absolute atomic E-state index is 0.631. The van der Waals surface area contributed by atoms with Crippen molar-refractivity contribution in [2.75, 3.05) is 6.61 Å². The Morgan fingerprint density at radius 3 is 3.11 bits per heavy atom. The maximum absolute atomic E-state index is 5.56. The van der Waals surface area contributed by atoms with E-state index in [0.717, 1.165) is 17.3 Å². The molecule has 4 heteroatoms. The summed E-state index contributed by atoms with van der Waals surface area (Å²) in [6.45, 7) is 2.73. The van der Waals surface area contributed by atoms with Crippen molar-refractivity contribution in [3.8, 4) is 5.75 Å². The number of ether oxygens (including phenoxy) is 1. The number of benzene rings is 1. The summed E-state index contributed by atoms with van der Waals surface area (Å²) < 4.78 is 6.82. The van der Waals surface area contributed by atoms with Crippen LogP contribution in [-0.4, -0.2) is 23.7 Å². The first-order valence-corrected chi connectivity index (χ1v) is 7.94. The number of fused-ring (bicyclic) bond motifs is 3. The molecule has 19 heavy (non-hydrogen) atoms. The molecule has 0 aliphatic carbocycles. The molecule has 2 aromatic rings. The summed E-state index contributed by atoms with van der Waals surface area (Å²) in [5.41, 5.74) is 1.12. The van der Waals surface area contributed by atoms with Crippen molar-refractivity contribution in [2.24, 2.45) is 0 Å². The van der Waals surface area contributed by atoms with Crippen LogP contribution in [0.1, 0.15) is 37.1 Å². The lowest BCUT2D eigenvalue weighted by molar-refractivity contribution is 0.341. The summed E-state index contributed by atoms with van der Waals surface area (Å²) >= 11 is 1.84. The van der Waals surface area contributed by atoms with Gasteiger partial charge >= 0.3 is 0 Å². The van der Waals surface area contributed by atoms with Crippen molar-refractivity contribution < 1.29 is 4.74 Å². The molecule has 1 aromatic carbocycles. The molecule has 1 N–H and O–H groups in total. The monoisotopic (exact) mass is 274 g/mol. The van der Waals surface area contributed by atoms with Gasteiger partial charge in [-0.3, -0.25) is 0 Å². The standard InChI is InChI=1S/C15H18N2OS/c1-2-18-10-4-6-13-14(8-10)19-15(17-13)11-7-9-3-5-12(11)16-9/h4,6,8-9,11-12,16H,2-3,5,7H2,1H3. The molecule has 3 heterocycles. The summed E-state index contributed by atoms with van der Waals surface area (Å²) in [7, 11) is 0. The van der Waals surface area contributed by atoms with Crippen molar-refractivity contribution in [3.63, 3.8) is 0 Å². The highest BCUT2D eigenvalue weighted by Gasteiger charge is 2.41. The molecule has 3 unspecified atom stereocenters. The van der Waals surface area contributed by atoms with Crippen LogP contribution in [0.2, 0.25) is 0 Å². The lowest BCUT2D eigenvalue weighted by Crippen LogP contribution is -2.21. The van der Waals surface area contributed by atoms with Crippen LogP contribution >= 0.6 is 11.3 Å². The molecule has 3 nitrogen and oxygen atoms in total. The number of hydrogen-bond donors (Lipinski definition) is 1. The summed E-state index contributed by atoms with van der Waals surface area (Å²) in [4.78, 5) is 4.84. The van der Waals surface area contributed by atoms with Gasteiger partial charge in [0.05, 0.1) is 21.8 Å². The highest BCUT2D eigenvalue weighted by atomic mass is 32.1. The van der Waals surface area contributed by atoms with Crippen LogP contribution in [0.15, 0.2) is 18.2 Å². The van der Waals surface area contributed by atoms with Gasteiger partial charge in [0.25, 0.3) is 0 Å². The van der Waals surface area contributed by atoms with Gasteiger partial charge in [-0.2, -0.15) is 0 Å². The second kappa shape index (κ2) is 4.46. The van der Waals surface area contributed by atoms with Crippen LogP contribution in [0.3, 0.4) is 0 Å². The zero-order chi connectivity index (χ0) is 12.8. The minimum Gasteiger partial charge on any atom is -0.494 e. The van der Waals surface area contributed by atoms with Crippen LogP contribution in [0.5, 0.6) is 5.75 Å². The van der Waals surface area contributed by atoms with Gasteiger partial charge in [-0.15, -0.1) is 11.3 Å². The smallest absolute Gasteiger partial charge is 0.120 e. The average Bonchev–Trinajstić information content (AvgIpc) is 3.12. The zero-order valence-electron chi connectivity index (χ0n) is 11.1. The Kier molecular flexibility index (Phi) is 2.74. The van der Waals surface area contributed by atoms with Crippen molar-refractivity contribution in [2.45, 2.75) is 44.2 Å². The van der Waals surface area contributed by atoms with E-state index in [-0.39, 0.29) is 0 Å². The van der Waals surface area contributed by atoms with E-state index < -0.39 is 0 Å². The molecular formula is C15H18N2OS. The summed E-state index contributed by atoms with van der Waals surface area (Å²) in [6.07, 6.45) is 3.93. The van der Waals surface area contributed by atoms with E-state index in [2.05, 4.69) is 17.4 Å². The number of thiazole rings is 1. The van der Waals surface area contributed by atoms with Crippen LogP contribution in [0.4, 0.5) is 0 Å². The molecule has 0 spiro atoms. The minimum atomic E-state index is 0.631. The molecule has 2 aliphatic rings. The van der Waals surface area contributed by atoms with Gasteiger partial charge in [-0.1, -0.05) is 0 Å². The molecule has 0 radical (unpaired) electrons. The van der Waals surface area contributed by atoms with E-state index in [4.69, 9.17) is 9.72 Å². The van der Waals surface area contributed by atoms with E-state index in [1.165, 1.54) is 29.0 Å². The average molecular weight is 274 g/mol. The predicted octanol–water partition coefficient (Wildman–Crippen LogP) is 3.30. The van der Waals surface area contributed by atoms with E-state index in [1.54, 1.807) is 0 Å². The van der Waals surface area contributed by atoms with Gasteiger partial charge in [-0.05, 0) is 44.4 Å². The number of nitrogens with zero attached hydrogens (tertiary/aromatic N) is 1. The van der Waals surface area contributed by atoms with Gasteiger partial charge in [0.15, 0.2) is 0 Å². The SMILES string of the molecule is CCOc1ccc2nc(C3CC4CCC3N4)sc2c1. The number of hydrogen-bond acceptors (Lipinski definition) is 4. The number of aromatic nitrogens is 1. The van der Waals surface area contributed by atoms with Crippen molar-refractivity contribution >= 4 is 21.6 Å². The summed E-state index contributed by atoms with van der Waals surface area (Å²) in [5, 5.41) is 5.00. The normalized spacial score (nSPS) is 29.2. The van der Waals surface area contributed by atoms with Gasteiger partial charge in [0.2, 0.25) is 0 Å². The molecule has 2 aliphatic heterocycles. The Bertz CT molecular complexity index is 609. The fourth-order valence-electron chi connectivity index (χ4n) is 3.43. The fourth-order valence-corrected chi connectivity index (χ4v) is 4.61. The van der Waals surface area contributed by atoms with E-state index >= 15 is 0 Å². The first kappa shape index (κ1) is 11.7. The second-order valence-electron chi connectivity index (χ2n) is 5.50. The highest BCUT2D eigenvalue weighted by molar-refractivity contribution is 7.18. The van der Waals surface area contributed by atoms with Crippen LogP contribution in [-0.2, 0) is 0 Å². The first-order valence-electron chi connectivity index (χ1n) is 7.13. The van der Waals surface area contributed by atoms with Crippen LogP contribution < -0.4 is 10.1 Å². The molecule has 2 fully saturated rings. The third kappa shape index (κ3) is 1.94. The molecule has 1 aromatic heterocycles. The van der Waals surface area contributed by atoms with Gasteiger partial charge in [-0.25, -0.2) is 4.98 Å². The molecule has 2 bridgehead atoms. The van der Waals surface area contributed by atoms with Crippen molar-refractivity contribution in [1.29, 1.82) is 0 Å². The fraction of sp³-hybridized carbons (Fsp3) is 0.533. The largest absolute Gasteiger partial charge is 0.494 e. The van der Waals surface area contributed by atoms with E-state index in [0.29, 0.717) is 18.6 Å². The third-order valence-electron chi connectivity index (χ3n) is 4.30. The Morgan fingerprint density at radius 1 is 1.42 bits per heavy atom. The van der Waals surface area contributed by atoms with E-state index in [9.17, 15) is 0 Å². The maximum Gasteiger partial charge on any atom is 0.120 e. The molecule has 2 saturated heterocycles. The molecular weight excluding hydrogens is 256 g/mol. The molecule has 0 saturated carbocycles. The number of nitrogens with one attached hydrogen (secondary N) is 1. The second-order valence-corrected chi connectivity index (χ2v) is 6.57.